The Morgan fingerprint density at radius 2 is 2.11 bits per heavy atom. The van der Waals surface area contributed by atoms with Crippen molar-refractivity contribution in [3.8, 4) is 10.6 Å². The van der Waals surface area contributed by atoms with E-state index >= 15 is 0 Å². The summed E-state index contributed by atoms with van der Waals surface area (Å²) in [5, 5.41) is 4.00. The standard InChI is InChI=1S/C17H15BrClFN4O2S2/c1-17(2,3)26-16(25)24-14-21-6-9(28-14)12-7-5-8(19)10(18)11(20)13(7)23-15(22-12)27-4/h5-6H,1-4H3,(H,21,24,25). The van der Waals surface area contributed by atoms with Gasteiger partial charge in [0.1, 0.15) is 11.1 Å². The molecule has 0 aliphatic heterocycles. The van der Waals surface area contributed by atoms with Crippen LogP contribution in [0.3, 0.4) is 0 Å². The Kier molecular flexibility index (Phi) is 6.14. The molecule has 2 heterocycles. The molecule has 1 N–H and O–H groups in total. The molecule has 1 amide bonds. The van der Waals surface area contributed by atoms with Crippen molar-refractivity contribution in [2.45, 2.75) is 31.5 Å². The number of thiazole rings is 1. The van der Waals surface area contributed by atoms with E-state index in [9.17, 15) is 9.18 Å². The van der Waals surface area contributed by atoms with Crippen LogP contribution < -0.4 is 5.32 Å². The van der Waals surface area contributed by atoms with Crippen LogP contribution in [0.5, 0.6) is 0 Å². The molecule has 0 spiro atoms. The van der Waals surface area contributed by atoms with Crippen LogP contribution in [0, 0.1) is 5.82 Å². The number of anilines is 1. The van der Waals surface area contributed by atoms with Gasteiger partial charge in [0.25, 0.3) is 0 Å². The monoisotopic (exact) mass is 504 g/mol. The van der Waals surface area contributed by atoms with Crippen LogP contribution in [0.4, 0.5) is 14.3 Å². The Morgan fingerprint density at radius 3 is 2.75 bits per heavy atom. The molecule has 3 rings (SSSR count). The van der Waals surface area contributed by atoms with Gasteiger partial charge in [-0.1, -0.05) is 34.7 Å². The van der Waals surface area contributed by atoms with E-state index in [2.05, 4.69) is 36.2 Å². The van der Waals surface area contributed by atoms with Crippen LogP contribution in [0.1, 0.15) is 20.8 Å². The average molecular weight is 506 g/mol. The third-order valence-electron chi connectivity index (χ3n) is 3.34. The van der Waals surface area contributed by atoms with Crippen molar-refractivity contribution in [1.29, 1.82) is 0 Å². The summed E-state index contributed by atoms with van der Waals surface area (Å²) < 4.78 is 20.1. The molecule has 0 aliphatic rings. The van der Waals surface area contributed by atoms with Crippen molar-refractivity contribution in [3.63, 3.8) is 0 Å². The van der Waals surface area contributed by atoms with Gasteiger partial charge in [0.05, 0.1) is 20.1 Å². The van der Waals surface area contributed by atoms with Gasteiger partial charge in [-0.3, -0.25) is 5.32 Å². The topological polar surface area (TPSA) is 77.0 Å². The van der Waals surface area contributed by atoms with Gasteiger partial charge in [-0.25, -0.2) is 24.1 Å². The van der Waals surface area contributed by atoms with E-state index in [0.29, 0.717) is 26.2 Å². The normalized spacial score (nSPS) is 11.7. The van der Waals surface area contributed by atoms with Gasteiger partial charge >= 0.3 is 6.09 Å². The maximum absolute atomic E-state index is 14.7. The number of nitrogens with one attached hydrogen (secondary N) is 1. The van der Waals surface area contributed by atoms with E-state index in [1.165, 1.54) is 23.1 Å². The number of ether oxygens (including phenoxy) is 1. The number of fused-ring (bicyclic) bond motifs is 1. The first-order valence-electron chi connectivity index (χ1n) is 7.94. The van der Waals surface area contributed by atoms with Crippen molar-refractivity contribution in [3.05, 3.63) is 27.6 Å². The molecule has 0 fully saturated rings. The molecule has 148 valence electrons. The Morgan fingerprint density at radius 1 is 1.39 bits per heavy atom. The minimum atomic E-state index is -0.623. The highest BCUT2D eigenvalue weighted by molar-refractivity contribution is 9.10. The van der Waals surface area contributed by atoms with Gasteiger partial charge in [-0.2, -0.15) is 0 Å². The van der Waals surface area contributed by atoms with E-state index in [0.717, 1.165) is 0 Å². The number of benzene rings is 1. The molecule has 0 unspecified atom stereocenters. The molecule has 0 radical (unpaired) electrons. The third-order valence-corrected chi connectivity index (χ3v) is 6.10. The summed E-state index contributed by atoms with van der Waals surface area (Å²) in [6.07, 6.45) is 2.75. The molecule has 0 aliphatic carbocycles. The lowest BCUT2D eigenvalue weighted by atomic mass is 10.1. The van der Waals surface area contributed by atoms with Gasteiger partial charge in [0, 0.05) is 11.6 Å². The number of aromatic nitrogens is 3. The van der Waals surface area contributed by atoms with Gasteiger partial charge in [0.15, 0.2) is 16.1 Å². The summed E-state index contributed by atoms with van der Waals surface area (Å²) in [6.45, 7) is 5.31. The minimum absolute atomic E-state index is 0.148. The van der Waals surface area contributed by atoms with Gasteiger partial charge < -0.3 is 4.74 Å². The lowest BCUT2D eigenvalue weighted by molar-refractivity contribution is 0.0636. The van der Waals surface area contributed by atoms with Crippen molar-refractivity contribution in [1.82, 2.24) is 15.0 Å². The second-order valence-electron chi connectivity index (χ2n) is 6.60. The number of carbonyl (C=O) groups excluding carboxylic acids is 1. The summed E-state index contributed by atoms with van der Waals surface area (Å²) in [6, 6.07) is 1.60. The fourth-order valence-electron chi connectivity index (χ4n) is 2.26. The molecule has 28 heavy (non-hydrogen) atoms. The van der Waals surface area contributed by atoms with Crippen LogP contribution in [0.25, 0.3) is 21.5 Å². The van der Waals surface area contributed by atoms with Crippen LogP contribution in [-0.2, 0) is 4.74 Å². The Labute approximate surface area is 182 Å². The number of halogens is 3. The van der Waals surface area contributed by atoms with Crippen molar-refractivity contribution in [2.24, 2.45) is 0 Å². The molecular weight excluding hydrogens is 491 g/mol. The van der Waals surface area contributed by atoms with Crippen LogP contribution in [-0.4, -0.2) is 32.9 Å². The largest absolute Gasteiger partial charge is 0.444 e. The van der Waals surface area contributed by atoms with Crippen LogP contribution in [0.2, 0.25) is 5.02 Å². The summed E-state index contributed by atoms with van der Waals surface area (Å²) >= 11 is 11.7. The second-order valence-corrected chi connectivity index (χ2v) is 9.60. The summed E-state index contributed by atoms with van der Waals surface area (Å²) in [4.78, 5) is 25.5. The number of amides is 1. The molecular formula is C17H15BrClFN4O2S2. The van der Waals surface area contributed by atoms with E-state index < -0.39 is 17.5 Å². The maximum atomic E-state index is 14.7. The minimum Gasteiger partial charge on any atom is -0.444 e. The predicted molar refractivity (Wildman–Crippen MR) is 115 cm³/mol. The number of hydrogen-bond donors (Lipinski definition) is 1. The highest BCUT2D eigenvalue weighted by atomic mass is 79.9. The lowest BCUT2D eigenvalue weighted by Gasteiger charge is -2.18. The Balaban J connectivity index is 2.04. The van der Waals surface area contributed by atoms with E-state index in [1.54, 1.807) is 39.3 Å². The van der Waals surface area contributed by atoms with Crippen molar-refractivity contribution in [2.75, 3.05) is 11.6 Å². The van der Waals surface area contributed by atoms with Crippen molar-refractivity contribution < 1.29 is 13.9 Å². The molecule has 1 aromatic carbocycles. The fourth-order valence-corrected chi connectivity index (χ4v) is 3.93. The second kappa shape index (κ2) is 8.10. The lowest BCUT2D eigenvalue weighted by Crippen LogP contribution is -2.27. The molecule has 3 aromatic rings. The predicted octanol–water partition coefficient (Wildman–Crippen LogP) is 6.38. The van der Waals surface area contributed by atoms with Gasteiger partial charge in [0.2, 0.25) is 0 Å². The van der Waals surface area contributed by atoms with Crippen LogP contribution in [0.15, 0.2) is 21.9 Å². The molecule has 0 saturated carbocycles. The van der Waals surface area contributed by atoms with Crippen molar-refractivity contribution >= 4 is 72.8 Å². The Bertz CT molecular complexity index is 1070. The zero-order valence-corrected chi connectivity index (χ0v) is 19.2. The van der Waals surface area contributed by atoms with Crippen LogP contribution >= 0.6 is 50.6 Å². The van der Waals surface area contributed by atoms with E-state index in [-0.39, 0.29) is 15.0 Å². The maximum Gasteiger partial charge on any atom is 0.413 e. The number of hydrogen-bond acceptors (Lipinski definition) is 7. The summed E-state index contributed by atoms with van der Waals surface area (Å²) in [5.41, 5.74) is 0.0140. The zero-order chi connectivity index (χ0) is 20.6. The van der Waals surface area contributed by atoms with Gasteiger partial charge in [-0.15, -0.1) is 0 Å². The number of rotatable bonds is 3. The van der Waals surface area contributed by atoms with Gasteiger partial charge in [-0.05, 0) is 49.0 Å². The highest BCUT2D eigenvalue weighted by Crippen LogP contribution is 2.38. The molecule has 0 saturated heterocycles. The van der Waals surface area contributed by atoms with E-state index in [4.69, 9.17) is 16.3 Å². The zero-order valence-electron chi connectivity index (χ0n) is 15.3. The first kappa shape index (κ1) is 21.2. The molecule has 11 heteroatoms. The summed E-state index contributed by atoms with van der Waals surface area (Å²) in [7, 11) is 0. The number of carbonyl (C=O) groups is 1. The highest BCUT2D eigenvalue weighted by Gasteiger charge is 2.21. The fraction of sp³-hybridized carbons (Fsp3) is 0.294. The summed E-state index contributed by atoms with van der Waals surface area (Å²) in [5.74, 6) is -0.557. The Hall–Kier alpha value is -1.49. The smallest absolute Gasteiger partial charge is 0.413 e. The van der Waals surface area contributed by atoms with E-state index in [1.807, 2.05) is 0 Å². The number of nitrogens with zero attached hydrogens (tertiary/aromatic N) is 3. The molecule has 0 atom stereocenters. The average Bonchev–Trinajstić information content (AvgIpc) is 3.05. The SMILES string of the molecule is CSc1nc(-c2cnc(NC(=O)OC(C)(C)C)s2)c2cc(Cl)c(Br)c(F)c2n1. The molecule has 2 aromatic heterocycles. The third kappa shape index (κ3) is 4.56. The molecule has 6 nitrogen and oxygen atoms in total. The first-order valence-corrected chi connectivity index (χ1v) is 11.2. The molecule has 0 bridgehead atoms. The quantitative estimate of drug-likeness (QED) is 0.253. The first-order chi connectivity index (χ1) is 13.1. The number of thioether (sulfide) groups is 1.